The number of hydrogen-bond donors (Lipinski definition) is 1. The number of fused-ring (bicyclic) bond motifs is 1. The summed E-state index contributed by atoms with van der Waals surface area (Å²) in [5.74, 6) is 0.506. The molecule has 0 saturated heterocycles. The predicted molar refractivity (Wildman–Crippen MR) is 79.5 cm³/mol. The lowest BCUT2D eigenvalue weighted by Crippen LogP contribution is -2.25. The zero-order chi connectivity index (χ0) is 14.8. The molecule has 0 aromatic carbocycles. The van der Waals surface area contributed by atoms with Crippen molar-refractivity contribution in [2.24, 2.45) is 0 Å². The number of imidazole rings is 1. The van der Waals surface area contributed by atoms with Crippen LogP contribution in [0.4, 0.5) is 0 Å². The van der Waals surface area contributed by atoms with Gasteiger partial charge in [-0.3, -0.25) is 9.20 Å². The normalized spacial score (nSPS) is 11.0. The highest BCUT2D eigenvalue weighted by Gasteiger charge is 2.18. The number of nitrogens with zero attached hydrogens (tertiary/aromatic N) is 2. The summed E-state index contributed by atoms with van der Waals surface area (Å²) < 4.78 is 6.93. The Hall–Kier alpha value is -2.27. The van der Waals surface area contributed by atoms with Gasteiger partial charge in [-0.25, -0.2) is 4.98 Å². The van der Waals surface area contributed by atoms with E-state index in [1.165, 1.54) is 0 Å². The molecule has 0 aliphatic carbocycles. The number of pyridine rings is 1. The van der Waals surface area contributed by atoms with Crippen molar-refractivity contribution in [3.63, 3.8) is 0 Å². The molecule has 5 nitrogen and oxygen atoms in total. The molecule has 1 N–H and O–H groups in total. The van der Waals surface area contributed by atoms with Crippen molar-refractivity contribution in [3.8, 4) is 0 Å². The zero-order valence-corrected chi connectivity index (χ0v) is 12.2. The van der Waals surface area contributed by atoms with Gasteiger partial charge in [-0.2, -0.15) is 0 Å². The molecule has 0 spiro atoms. The van der Waals surface area contributed by atoms with E-state index in [1.54, 1.807) is 35.1 Å². The highest BCUT2D eigenvalue weighted by molar-refractivity contribution is 6.30. The highest BCUT2D eigenvalue weighted by atomic mass is 35.5. The van der Waals surface area contributed by atoms with Gasteiger partial charge in [0.15, 0.2) is 0 Å². The van der Waals surface area contributed by atoms with Gasteiger partial charge >= 0.3 is 0 Å². The Balaban J connectivity index is 1.94. The van der Waals surface area contributed by atoms with Gasteiger partial charge in [0.25, 0.3) is 5.91 Å². The highest BCUT2D eigenvalue weighted by Crippen LogP contribution is 2.17. The predicted octanol–water partition coefficient (Wildman–Crippen LogP) is 3.07. The molecule has 0 bridgehead atoms. The Morgan fingerprint density at radius 3 is 3.00 bits per heavy atom. The van der Waals surface area contributed by atoms with E-state index in [4.69, 9.17) is 16.0 Å². The summed E-state index contributed by atoms with van der Waals surface area (Å²) in [4.78, 5) is 16.9. The van der Waals surface area contributed by atoms with Gasteiger partial charge in [0.05, 0.1) is 23.5 Å². The van der Waals surface area contributed by atoms with Crippen LogP contribution in [0.1, 0.15) is 28.9 Å². The number of furan rings is 1. The van der Waals surface area contributed by atoms with Gasteiger partial charge in [-0.15, -0.1) is 0 Å². The van der Waals surface area contributed by atoms with Crippen LogP contribution in [0.15, 0.2) is 41.1 Å². The fraction of sp³-hybridized carbons (Fsp3) is 0.200. The van der Waals surface area contributed by atoms with Gasteiger partial charge < -0.3 is 9.73 Å². The van der Waals surface area contributed by atoms with Crippen LogP contribution in [-0.4, -0.2) is 15.3 Å². The van der Waals surface area contributed by atoms with E-state index < -0.39 is 0 Å². The molecule has 0 unspecified atom stereocenters. The number of aromatic nitrogens is 2. The average Bonchev–Trinajstić information content (AvgIpc) is 3.11. The maximum absolute atomic E-state index is 12.4. The van der Waals surface area contributed by atoms with E-state index in [0.717, 1.165) is 5.69 Å². The van der Waals surface area contributed by atoms with Crippen molar-refractivity contribution in [1.29, 1.82) is 0 Å². The number of aryl methyl sites for hydroxylation is 1. The number of hydrogen-bond acceptors (Lipinski definition) is 3. The fourth-order valence-corrected chi connectivity index (χ4v) is 2.38. The largest absolute Gasteiger partial charge is 0.467 e. The first kappa shape index (κ1) is 13.7. The maximum Gasteiger partial charge on any atom is 0.270 e. The second-order valence-electron chi connectivity index (χ2n) is 4.60. The minimum absolute atomic E-state index is 0.196. The third-order valence-electron chi connectivity index (χ3n) is 3.21. The molecule has 21 heavy (non-hydrogen) atoms. The van der Waals surface area contributed by atoms with Crippen LogP contribution in [0.25, 0.3) is 5.65 Å². The first-order valence-corrected chi connectivity index (χ1v) is 7.04. The van der Waals surface area contributed by atoms with Crippen molar-refractivity contribution >= 4 is 23.2 Å². The number of carbonyl (C=O) groups excluding carboxylic acids is 1. The monoisotopic (exact) mass is 303 g/mol. The summed E-state index contributed by atoms with van der Waals surface area (Å²) in [6, 6.07) is 7.15. The molecule has 3 aromatic heterocycles. The van der Waals surface area contributed by atoms with Crippen LogP contribution in [-0.2, 0) is 13.0 Å². The van der Waals surface area contributed by atoms with Crippen molar-refractivity contribution in [2.75, 3.05) is 0 Å². The van der Waals surface area contributed by atoms with Gasteiger partial charge in [-0.1, -0.05) is 18.5 Å². The summed E-state index contributed by atoms with van der Waals surface area (Å²) in [5.41, 5.74) is 1.97. The molecule has 0 aliphatic rings. The molecule has 0 fully saturated rings. The standard InChI is InChI=1S/C15H14ClN3O2/c1-2-12-14(15(20)17-8-11-4-3-7-21-11)19-9-10(16)5-6-13(19)18-12/h3-7,9H,2,8H2,1H3,(H,17,20). The molecule has 0 atom stereocenters. The second kappa shape index (κ2) is 5.61. The van der Waals surface area contributed by atoms with Gasteiger partial charge in [0.1, 0.15) is 17.1 Å². The molecule has 0 saturated carbocycles. The van der Waals surface area contributed by atoms with Crippen molar-refractivity contribution in [2.45, 2.75) is 19.9 Å². The summed E-state index contributed by atoms with van der Waals surface area (Å²) in [7, 11) is 0. The third-order valence-corrected chi connectivity index (χ3v) is 3.43. The summed E-state index contributed by atoms with van der Waals surface area (Å²) in [6.45, 7) is 2.30. The zero-order valence-electron chi connectivity index (χ0n) is 11.5. The molecule has 1 amide bonds. The Bertz CT molecular complexity index is 778. The Morgan fingerprint density at radius 2 is 2.29 bits per heavy atom. The maximum atomic E-state index is 12.4. The number of carbonyl (C=O) groups is 1. The summed E-state index contributed by atoms with van der Waals surface area (Å²) >= 11 is 6.01. The molecule has 0 aliphatic heterocycles. The minimum atomic E-state index is -0.196. The molecular weight excluding hydrogens is 290 g/mol. The number of rotatable bonds is 4. The number of amides is 1. The molecule has 0 radical (unpaired) electrons. The quantitative estimate of drug-likeness (QED) is 0.806. The Labute approximate surface area is 126 Å². The molecule has 3 heterocycles. The van der Waals surface area contributed by atoms with Crippen LogP contribution < -0.4 is 5.32 Å². The van der Waals surface area contributed by atoms with Crippen LogP contribution in [0.2, 0.25) is 5.02 Å². The first-order chi connectivity index (χ1) is 10.2. The Kier molecular flexibility index (Phi) is 3.66. The molecule has 3 aromatic rings. The number of halogens is 1. The minimum Gasteiger partial charge on any atom is -0.467 e. The fourth-order valence-electron chi connectivity index (χ4n) is 2.22. The second-order valence-corrected chi connectivity index (χ2v) is 5.03. The van der Waals surface area contributed by atoms with Crippen LogP contribution >= 0.6 is 11.6 Å². The van der Waals surface area contributed by atoms with E-state index in [1.807, 2.05) is 13.0 Å². The van der Waals surface area contributed by atoms with Crippen LogP contribution in [0, 0.1) is 0 Å². The lowest BCUT2D eigenvalue weighted by molar-refractivity contribution is 0.0941. The SMILES string of the molecule is CCc1nc2ccc(Cl)cn2c1C(=O)NCc1ccco1. The topological polar surface area (TPSA) is 59.5 Å². The van der Waals surface area contributed by atoms with Crippen LogP contribution in [0.3, 0.4) is 0 Å². The van der Waals surface area contributed by atoms with Gasteiger partial charge in [0, 0.05) is 6.20 Å². The van der Waals surface area contributed by atoms with E-state index in [0.29, 0.717) is 35.1 Å². The van der Waals surface area contributed by atoms with Crippen molar-refractivity contribution in [1.82, 2.24) is 14.7 Å². The summed E-state index contributed by atoms with van der Waals surface area (Å²) in [6.07, 6.45) is 3.95. The van der Waals surface area contributed by atoms with E-state index >= 15 is 0 Å². The van der Waals surface area contributed by atoms with E-state index in [-0.39, 0.29) is 5.91 Å². The van der Waals surface area contributed by atoms with Gasteiger partial charge in [-0.05, 0) is 30.7 Å². The molecular formula is C15H14ClN3O2. The average molecular weight is 304 g/mol. The smallest absolute Gasteiger partial charge is 0.270 e. The lowest BCUT2D eigenvalue weighted by atomic mass is 10.2. The van der Waals surface area contributed by atoms with Crippen molar-refractivity contribution < 1.29 is 9.21 Å². The number of nitrogens with one attached hydrogen (secondary N) is 1. The molecule has 108 valence electrons. The van der Waals surface area contributed by atoms with Crippen molar-refractivity contribution in [3.05, 3.63) is 58.9 Å². The Morgan fingerprint density at radius 1 is 1.43 bits per heavy atom. The van der Waals surface area contributed by atoms with Crippen LogP contribution in [0.5, 0.6) is 0 Å². The molecule has 6 heteroatoms. The third kappa shape index (κ3) is 2.64. The molecule has 3 rings (SSSR count). The van der Waals surface area contributed by atoms with E-state index in [2.05, 4.69) is 10.3 Å². The lowest BCUT2D eigenvalue weighted by Gasteiger charge is -2.05. The van der Waals surface area contributed by atoms with Gasteiger partial charge in [0.2, 0.25) is 0 Å². The van der Waals surface area contributed by atoms with E-state index in [9.17, 15) is 4.79 Å². The first-order valence-electron chi connectivity index (χ1n) is 6.66. The summed E-state index contributed by atoms with van der Waals surface area (Å²) in [5, 5.41) is 3.40.